The normalized spacial score (nSPS) is 9.15. The van der Waals surface area contributed by atoms with Gasteiger partial charge in [0, 0.05) is 6.42 Å². The summed E-state index contributed by atoms with van der Waals surface area (Å²) in [5.74, 6) is 0.695. The highest BCUT2D eigenvalue weighted by atomic mass is 16.5. The molecule has 2 N–H and O–H groups in total. The first kappa shape index (κ1) is 9.40. The molecule has 0 fully saturated rings. The van der Waals surface area contributed by atoms with Crippen LogP contribution in [0.3, 0.4) is 0 Å². The number of rotatable bonds is 4. The molecule has 0 aromatic heterocycles. The summed E-state index contributed by atoms with van der Waals surface area (Å²) in [6.07, 6.45) is 1.26. The highest BCUT2D eigenvalue weighted by molar-refractivity contribution is 5.51. The van der Waals surface area contributed by atoms with Gasteiger partial charge in [-0.3, -0.25) is 0 Å². The third kappa shape index (κ3) is 3.04. The van der Waals surface area contributed by atoms with E-state index < -0.39 is 0 Å². The average Bonchev–Trinajstić information content (AvgIpc) is 2.15. The van der Waals surface area contributed by atoms with Crippen LogP contribution < -0.4 is 10.5 Å². The van der Waals surface area contributed by atoms with Crippen molar-refractivity contribution in [2.24, 2.45) is 0 Å². The third-order valence-electron chi connectivity index (χ3n) is 1.61. The molecule has 0 aliphatic rings. The van der Waals surface area contributed by atoms with Crippen LogP contribution in [0.15, 0.2) is 24.3 Å². The Kier molecular flexibility index (Phi) is 3.65. The minimum atomic E-state index is 0.521. The molecular weight excluding hydrogens is 164 g/mol. The lowest BCUT2D eigenvalue weighted by Crippen LogP contribution is -1.99. The van der Waals surface area contributed by atoms with Gasteiger partial charge < -0.3 is 10.5 Å². The van der Waals surface area contributed by atoms with Crippen LogP contribution in [0.2, 0.25) is 0 Å². The fraction of sp³-hybridized carbons (Fsp3) is 0.300. The van der Waals surface area contributed by atoms with E-state index in [1.807, 2.05) is 18.2 Å². The maximum atomic E-state index is 8.29. The van der Waals surface area contributed by atoms with E-state index in [4.69, 9.17) is 15.7 Å². The lowest BCUT2D eigenvalue weighted by Gasteiger charge is -2.06. The quantitative estimate of drug-likeness (QED) is 0.563. The number of hydrogen-bond donors (Lipinski definition) is 1. The van der Waals surface area contributed by atoms with Crippen LogP contribution >= 0.6 is 0 Å². The zero-order chi connectivity index (χ0) is 9.52. The molecule has 0 saturated carbocycles. The Morgan fingerprint density at radius 3 is 2.85 bits per heavy atom. The van der Waals surface area contributed by atoms with Gasteiger partial charge in [-0.2, -0.15) is 5.26 Å². The molecule has 0 spiro atoms. The van der Waals surface area contributed by atoms with Crippen molar-refractivity contribution in [1.29, 1.82) is 5.26 Å². The minimum Gasteiger partial charge on any atom is -0.491 e. The Hall–Kier alpha value is -1.69. The highest BCUT2D eigenvalue weighted by Crippen LogP contribution is 2.19. The predicted octanol–water partition coefficient (Wildman–Crippen LogP) is 1.95. The Morgan fingerprint density at radius 2 is 2.15 bits per heavy atom. The number of ether oxygens (including phenoxy) is 1. The number of nitrogens with two attached hydrogens (primary N) is 1. The van der Waals surface area contributed by atoms with E-state index in [0.717, 1.165) is 6.42 Å². The smallest absolute Gasteiger partial charge is 0.142 e. The second-order valence-corrected chi connectivity index (χ2v) is 2.65. The Morgan fingerprint density at radius 1 is 1.38 bits per heavy atom. The molecule has 3 nitrogen and oxygen atoms in total. The Labute approximate surface area is 77.7 Å². The Bertz CT molecular complexity index is 304. The number of nitriles is 1. The molecular formula is C10H12N2O. The molecule has 1 aromatic rings. The standard InChI is InChI=1S/C10H12N2O/c11-7-3-4-8-13-10-6-2-1-5-9(10)12/h1-2,5-6H,3-4,8,12H2. The van der Waals surface area contributed by atoms with Crippen molar-refractivity contribution < 1.29 is 4.74 Å². The Balaban J connectivity index is 2.37. The van der Waals surface area contributed by atoms with Gasteiger partial charge in [-0.15, -0.1) is 0 Å². The maximum absolute atomic E-state index is 8.29. The minimum absolute atomic E-state index is 0.521. The van der Waals surface area contributed by atoms with E-state index in [9.17, 15) is 0 Å². The largest absolute Gasteiger partial charge is 0.491 e. The zero-order valence-corrected chi connectivity index (χ0v) is 7.36. The third-order valence-corrected chi connectivity index (χ3v) is 1.61. The van der Waals surface area contributed by atoms with Crippen LogP contribution in [0.5, 0.6) is 5.75 Å². The van der Waals surface area contributed by atoms with Crippen LogP contribution in [0.4, 0.5) is 5.69 Å². The molecule has 1 rings (SSSR count). The fourth-order valence-electron chi connectivity index (χ4n) is 0.945. The second kappa shape index (κ2) is 5.04. The van der Waals surface area contributed by atoms with Crippen LogP contribution in [0.25, 0.3) is 0 Å². The molecule has 0 aliphatic heterocycles. The molecule has 0 unspecified atom stereocenters. The van der Waals surface area contributed by atoms with E-state index >= 15 is 0 Å². The van der Waals surface area contributed by atoms with E-state index in [1.54, 1.807) is 6.07 Å². The van der Waals surface area contributed by atoms with Crippen molar-refractivity contribution in [1.82, 2.24) is 0 Å². The first-order valence-corrected chi connectivity index (χ1v) is 4.19. The van der Waals surface area contributed by atoms with Gasteiger partial charge in [0.05, 0.1) is 18.4 Å². The lowest BCUT2D eigenvalue weighted by atomic mass is 10.3. The summed E-state index contributed by atoms with van der Waals surface area (Å²) in [6, 6.07) is 9.40. The number of benzene rings is 1. The number of nitrogen functional groups attached to an aromatic ring is 1. The number of anilines is 1. The van der Waals surface area contributed by atoms with Crippen LogP contribution in [-0.4, -0.2) is 6.61 Å². The molecule has 0 aliphatic carbocycles. The molecule has 68 valence electrons. The summed E-state index contributed by atoms with van der Waals surface area (Å²) in [5, 5.41) is 8.29. The van der Waals surface area contributed by atoms with Crippen LogP contribution in [0, 0.1) is 11.3 Å². The van der Waals surface area contributed by atoms with Crippen molar-refractivity contribution in [3.8, 4) is 11.8 Å². The van der Waals surface area contributed by atoms with Crippen LogP contribution in [0.1, 0.15) is 12.8 Å². The summed E-state index contributed by atoms with van der Waals surface area (Å²) in [6.45, 7) is 0.543. The van der Waals surface area contributed by atoms with Crippen molar-refractivity contribution in [3.63, 3.8) is 0 Å². The average molecular weight is 176 g/mol. The molecule has 3 heteroatoms. The molecule has 0 bridgehead atoms. The van der Waals surface area contributed by atoms with Gasteiger partial charge >= 0.3 is 0 Å². The number of para-hydroxylation sites is 2. The number of nitrogens with zero attached hydrogens (tertiary/aromatic N) is 1. The summed E-state index contributed by atoms with van der Waals surface area (Å²) >= 11 is 0. The van der Waals surface area contributed by atoms with Crippen LogP contribution in [-0.2, 0) is 0 Å². The molecule has 1 aromatic carbocycles. The van der Waals surface area contributed by atoms with Gasteiger partial charge in [-0.1, -0.05) is 12.1 Å². The van der Waals surface area contributed by atoms with E-state index in [-0.39, 0.29) is 0 Å². The number of unbranched alkanes of at least 4 members (excludes halogenated alkanes) is 1. The zero-order valence-electron chi connectivity index (χ0n) is 7.36. The first-order chi connectivity index (χ1) is 6.34. The topological polar surface area (TPSA) is 59.0 Å². The molecule has 0 radical (unpaired) electrons. The fourth-order valence-corrected chi connectivity index (χ4v) is 0.945. The summed E-state index contributed by atoms with van der Waals surface area (Å²) in [5.41, 5.74) is 6.28. The SMILES string of the molecule is N#CCCCOc1ccccc1N. The maximum Gasteiger partial charge on any atom is 0.142 e. The summed E-state index contributed by atoms with van der Waals surface area (Å²) in [7, 11) is 0. The highest BCUT2D eigenvalue weighted by Gasteiger charge is 1.96. The summed E-state index contributed by atoms with van der Waals surface area (Å²) < 4.78 is 5.36. The van der Waals surface area contributed by atoms with Gasteiger partial charge in [-0.05, 0) is 18.6 Å². The molecule has 0 saturated heterocycles. The van der Waals surface area contributed by atoms with Gasteiger partial charge in [0.2, 0.25) is 0 Å². The van der Waals surface area contributed by atoms with Crippen molar-refractivity contribution in [3.05, 3.63) is 24.3 Å². The van der Waals surface area contributed by atoms with Crippen molar-refractivity contribution >= 4 is 5.69 Å². The van der Waals surface area contributed by atoms with Gasteiger partial charge in [0.1, 0.15) is 5.75 Å². The second-order valence-electron chi connectivity index (χ2n) is 2.65. The van der Waals surface area contributed by atoms with E-state index in [1.165, 1.54) is 0 Å². The molecule has 0 atom stereocenters. The van der Waals surface area contributed by atoms with Gasteiger partial charge in [-0.25, -0.2) is 0 Å². The van der Waals surface area contributed by atoms with Crippen molar-refractivity contribution in [2.45, 2.75) is 12.8 Å². The molecule has 13 heavy (non-hydrogen) atoms. The van der Waals surface area contributed by atoms with Crippen molar-refractivity contribution in [2.75, 3.05) is 12.3 Å². The molecule has 0 amide bonds. The monoisotopic (exact) mass is 176 g/mol. The van der Waals surface area contributed by atoms with Gasteiger partial charge in [0.25, 0.3) is 0 Å². The first-order valence-electron chi connectivity index (χ1n) is 4.19. The lowest BCUT2D eigenvalue weighted by molar-refractivity contribution is 0.314. The number of hydrogen-bond acceptors (Lipinski definition) is 3. The molecule has 0 heterocycles. The van der Waals surface area contributed by atoms with Gasteiger partial charge in [0.15, 0.2) is 0 Å². The van der Waals surface area contributed by atoms with E-state index in [0.29, 0.717) is 24.5 Å². The summed E-state index contributed by atoms with van der Waals surface area (Å²) in [4.78, 5) is 0. The predicted molar refractivity (Wildman–Crippen MR) is 51.2 cm³/mol. The van der Waals surface area contributed by atoms with E-state index in [2.05, 4.69) is 6.07 Å².